The molecule has 0 rings (SSSR count). The van der Waals surface area contributed by atoms with Gasteiger partial charge in [0, 0.05) is 12.8 Å². The van der Waals surface area contributed by atoms with Crippen molar-refractivity contribution in [3.05, 3.63) is 24.3 Å². The second-order valence-corrected chi connectivity index (χ2v) is 20.0. The van der Waals surface area contributed by atoms with Crippen LogP contribution in [-0.2, 0) is 14.3 Å². The highest BCUT2D eigenvalue weighted by Gasteiger charge is 2.20. The molecule has 0 radical (unpaired) electrons. The molecule has 0 bridgehead atoms. The first-order chi connectivity index (χ1) is 32.0. The normalized spacial score (nSPS) is 12.7. The Morgan fingerprint density at radius 2 is 0.769 bits per heavy atom. The molecule has 0 fully saturated rings. The number of hydrogen-bond acceptors (Lipinski definition) is 5. The molecule has 0 heterocycles. The van der Waals surface area contributed by atoms with Crippen molar-refractivity contribution in [3.63, 3.8) is 0 Å². The third kappa shape index (κ3) is 51.6. The molecular formula is C59H113NO5. The zero-order valence-electron chi connectivity index (χ0n) is 43.7. The molecule has 384 valence electrons. The third-order valence-electron chi connectivity index (χ3n) is 13.5. The van der Waals surface area contributed by atoms with Gasteiger partial charge in [-0.1, -0.05) is 269 Å². The maximum Gasteiger partial charge on any atom is 0.305 e. The minimum Gasteiger partial charge on any atom is -0.466 e. The highest BCUT2D eigenvalue weighted by molar-refractivity contribution is 5.76. The van der Waals surface area contributed by atoms with Gasteiger partial charge in [-0.15, -0.1) is 0 Å². The lowest BCUT2D eigenvalue weighted by molar-refractivity contribution is -0.143. The highest BCUT2D eigenvalue weighted by Crippen LogP contribution is 2.17. The van der Waals surface area contributed by atoms with E-state index >= 15 is 0 Å². The first-order valence-electron chi connectivity index (χ1n) is 29.1. The van der Waals surface area contributed by atoms with Gasteiger partial charge in [0.2, 0.25) is 5.91 Å². The maximum absolute atomic E-state index is 12.4. The zero-order valence-corrected chi connectivity index (χ0v) is 43.7. The molecule has 3 N–H and O–H groups in total. The molecule has 65 heavy (non-hydrogen) atoms. The number of ether oxygens (including phenoxy) is 1. The predicted molar refractivity (Wildman–Crippen MR) is 283 cm³/mol. The fraction of sp³-hybridized carbons (Fsp3) is 0.898. The van der Waals surface area contributed by atoms with E-state index in [2.05, 4.69) is 43.5 Å². The lowest BCUT2D eigenvalue weighted by Gasteiger charge is -2.22. The predicted octanol–water partition coefficient (Wildman–Crippen LogP) is 17.9. The summed E-state index contributed by atoms with van der Waals surface area (Å²) in [5, 5.41) is 23.2. The molecule has 0 spiro atoms. The van der Waals surface area contributed by atoms with Crippen LogP contribution >= 0.6 is 0 Å². The van der Waals surface area contributed by atoms with Gasteiger partial charge in [-0.25, -0.2) is 0 Å². The van der Waals surface area contributed by atoms with E-state index < -0.39 is 12.1 Å². The third-order valence-corrected chi connectivity index (χ3v) is 13.5. The van der Waals surface area contributed by atoms with Gasteiger partial charge in [0.25, 0.3) is 0 Å². The summed E-state index contributed by atoms with van der Waals surface area (Å²) < 4.78 is 5.47. The van der Waals surface area contributed by atoms with Crippen molar-refractivity contribution in [2.24, 2.45) is 0 Å². The number of unbranched alkanes of at least 4 members (excludes halogenated alkanes) is 39. The Hall–Kier alpha value is -1.66. The zero-order chi connectivity index (χ0) is 47.2. The fourth-order valence-corrected chi connectivity index (χ4v) is 9.02. The molecular weight excluding hydrogens is 803 g/mol. The molecule has 2 unspecified atom stereocenters. The Bertz CT molecular complexity index is 1010. The molecule has 6 heteroatoms. The van der Waals surface area contributed by atoms with Gasteiger partial charge < -0.3 is 20.3 Å². The van der Waals surface area contributed by atoms with Gasteiger partial charge in [-0.3, -0.25) is 9.59 Å². The van der Waals surface area contributed by atoms with Crippen molar-refractivity contribution >= 4 is 11.9 Å². The number of allylic oxidation sites excluding steroid dienone is 4. The van der Waals surface area contributed by atoms with E-state index in [0.29, 0.717) is 25.9 Å². The molecule has 0 saturated heterocycles. The minimum absolute atomic E-state index is 0.00967. The van der Waals surface area contributed by atoms with E-state index in [9.17, 15) is 19.8 Å². The van der Waals surface area contributed by atoms with E-state index in [1.54, 1.807) is 0 Å². The van der Waals surface area contributed by atoms with Crippen molar-refractivity contribution in [2.75, 3.05) is 13.2 Å². The van der Waals surface area contributed by atoms with E-state index in [1.165, 1.54) is 238 Å². The van der Waals surface area contributed by atoms with Gasteiger partial charge in [-0.05, 0) is 57.8 Å². The molecule has 2 atom stereocenters. The van der Waals surface area contributed by atoms with Crippen molar-refractivity contribution in [3.8, 4) is 0 Å². The minimum atomic E-state index is -0.666. The number of hydrogen-bond donors (Lipinski definition) is 3. The van der Waals surface area contributed by atoms with Crippen LogP contribution in [0.15, 0.2) is 24.3 Å². The Balaban J connectivity index is 3.42. The first kappa shape index (κ1) is 63.3. The number of nitrogens with one attached hydrogen (secondary N) is 1. The number of aliphatic hydroxyl groups excluding tert-OH is 2. The monoisotopic (exact) mass is 916 g/mol. The highest BCUT2D eigenvalue weighted by atomic mass is 16.5. The van der Waals surface area contributed by atoms with Gasteiger partial charge in [0.15, 0.2) is 0 Å². The van der Waals surface area contributed by atoms with Crippen LogP contribution < -0.4 is 5.32 Å². The van der Waals surface area contributed by atoms with Crippen molar-refractivity contribution in [2.45, 2.75) is 328 Å². The molecule has 0 aliphatic heterocycles. The number of carbonyl (C=O) groups is 2. The Morgan fingerprint density at radius 1 is 0.431 bits per heavy atom. The molecule has 0 aliphatic rings. The number of esters is 1. The van der Waals surface area contributed by atoms with E-state index in [4.69, 9.17) is 4.74 Å². The fourth-order valence-electron chi connectivity index (χ4n) is 9.02. The van der Waals surface area contributed by atoms with Crippen LogP contribution in [0.2, 0.25) is 0 Å². The number of carbonyl (C=O) groups excluding carboxylic acids is 2. The van der Waals surface area contributed by atoms with Crippen LogP contribution in [0.25, 0.3) is 0 Å². The largest absolute Gasteiger partial charge is 0.466 e. The SMILES string of the molecule is CCCCCCCCCCCCCCC(=O)OCCCCCCCCCCC/C=C\C/C=C\CCCCCCCCCCCC(=O)NC(CO)C(O)CCCCCCCCCCCCC. The van der Waals surface area contributed by atoms with Crippen LogP contribution in [0.5, 0.6) is 0 Å². The van der Waals surface area contributed by atoms with E-state index in [-0.39, 0.29) is 18.5 Å². The number of rotatable bonds is 54. The average molecular weight is 917 g/mol. The van der Waals surface area contributed by atoms with E-state index in [0.717, 1.165) is 44.9 Å². The van der Waals surface area contributed by atoms with Gasteiger partial charge in [-0.2, -0.15) is 0 Å². The maximum atomic E-state index is 12.4. The van der Waals surface area contributed by atoms with Crippen molar-refractivity contribution in [1.29, 1.82) is 0 Å². The average Bonchev–Trinajstić information content (AvgIpc) is 3.31. The molecule has 0 aliphatic carbocycles. The summed E-state index contributed by atoms with van der Waals surface area (Å²) in [6.45, 7) is 4.94. The lowest BCUT2D eigenvalue weighted by Crippen LogP contribution is -2.45. The first-order valence-corrected chi connectivity index (χ1v) is 29.1. The Morgan fingerprint density at radius 3 is 1.17 bits per heavy atom. The summed E-state index contributed by atoms with van der Waals surface area (Å²) in [6.07, 6.45) is 66.1. The second kappa shape index (κ2) is 54.9. The molecule has 1 amide bonds. The summed E-state index contributed by atoms with van der Waals surface area (Å²) >= 11 is 0. The summed E-state index contributed by atoms with van der Waals surface area (Å²) in [5.74, 6) is -0.0319. The standard InChI is InChI=1S/C59H113NO5/c1-3-5-7-9-11-13-15-33-37-41-45-49-53-59(64)65-54-50-46-42-38-34-30-28-26-24-22-20-18-16-17-19-21-23-25-27-29-32-36-40-44-48-52-58(63)60-56(55-61)57(62)51-47-43-39-35-31-14-12-10-8-6-4-2/h17-20,56-57,61-62H,3-16,21-55H2,1-2H3,(H,60,63)/b19-17-,20-18-. The van der Waals surface area contributed by atoms with Crippen molar-refractivity contribution < 1.29 is 24.5 Å². The van der Waals surface area contributed by atoms with Crippen LogP contribution in [0, 0.1) is 0 Å². The van der Waals surface area contributed by atoms with Gasteiger partial charge >= 0.3 is 5.97 Å². The van der Waals surface area contributed by atoms with Crippen LogP contribution in [0.3, 0.4) is 0 Å². The molecule has 0 aromatic carbocycles. The summed E-state index contributed by atoms with van der Waals surface area (Å²) in [7, 11) is 0. The summed E-state index contributed by atoms with van der Waals surface area (Å²) in [5.41, 5.74) is 0. The van der Waals surface area contributed by atoms with Gasteiger partial charge in [0.05, 0.1) is 25.4 Å². The molecule has 0 aromatic heterocycles. The Kier molecular flexibility index (Phi) is 53.5. The Labute approximate surface area is 405 Å². The number of amides is 1. The van der Waals surface area contributed by atoms with Crippen molar-refractivity contribution in [1.82, 2.24) is 5.32 Å². The molecule has 0 aromatic rings. The molecule has 0 saturated carbocycles. The van der Waals surface area contributed by atoms with Crippen LogP contribution in [0.4, 0.5) is 0 Å². The second-order valence-electron chi connectivity index (χ2n) is 20.0. The lowest BCUT2D eigenvalue weighted by atomic mass is 10.0. The smallest absolute Gasteiger partial charge is 0.305 e. The quantitative estimate of drug-likeness (QED) is 0.0321. The molecule has 6 nitrogen and oxygen atoms in total. The van der Waals surface area contributed by atoms with Gasteiger partial charge in [0.1, 0.15) is 0 Å². The number of aliphatic hydroxyl groups is 2. The van der Waals surface area contributed by atoms with Crippen LogP contribution in [0.1, 0.15) is 316 Å². The topological polar surface area (TPSA) is 95.9 Å². The van der Waals surface area contributed by atoms with E-state index in [1.807, 2.05) is 0 Å². The van der Waals surface area contributed by atoms with Crippen LogP contribution in [-0.4, -0.2) is 47.4 Å². The summed E-state index contributed by atoms with van der Waals surface area (Å²) in [4.78, 5) is 24.4. The summed E-state index contributed by atoms with van der Waals surface area (Å²) in [6, 6.07) is -0.544.